The van der Waals surface area contributed by atoms with Crippen molar-refractivity contribution in [2.24, 2.45) is 0 Å². The Balaban J connectivity index is 1.86. The number of hydrogen-bond donors (Lipinski definition) is 1. The van der Waals surface area contributed by atoms with Crippen molar-refractivity contribution in [2.75, 3.05) is 18.7 Å². The monoisotopic (exact) mass is 381 g/mol. The van der Waals surface area contributed by atoms with Gasteiger partial charge in [0.25, 0.3) is 11.8 Å². The molecular weight excluding hydrogens is 364 g/mol. The highest BCUT2D eigenvalue weighted by Crippen LogP contribution is 2.30. The molecular formula is C20H17N2O6-. The van der Waals surface area contributed by atoms with Gasteiger partial charge in [-0.1, -0.05) is 23.8 Å². The van der Waals surface area contributed by atoms with Gasteiger partial charge in [-0.25, -0.2) is 5.01 Å². The number of methoxy groups -OCH3 is 1. The van der Waals surface area contributed by atoms with Crippen LogP contribution < -0.4 is 25.0 Å². The quantitative estimate of drug-likeness (QED) is 0.580. The van der Waals surface area contributed by atoms with Gasteiger partial charge in [-0.05, 0) is 42.8 Å². The molecule has 0 atom stereocenters. The maximum atomic E-state index is 12.7. The molecule has 0 unspecified atom stereocenters. The molecule has 0 spiro atoms. The lowest BCUT2D eigenvalue weighted by molar-refractivity contribution is -0.307. The van der Waals surface area contributed by atoms with E-state index in [0.29, 0.717) is 11.3 Å². The van der Waals surface area contributed by atoms with Crippen molar-refractivity contribution >= 4 is 29.5 Å². The van der Waals surface area contributed by atoms with Crippen molar-refractivity contribution in [3.63, 3.8) is 0 Å². The van der Waals surface area contributed by atoms with Crippen LogP contribution in [0.5, 0.6) is 11.5 Å². The molecule has 3 rings (SSSR count). The zero-order valence-electron chi connectivity index (χ0n) is 15.2. The minimum absolute atomic E-state index is 0.0361. The van der Waals surface area contributed by atoms with Crippen LogP contribution in [0.25, 0.3) is 6.08 Å². The number of aryl methyl sites for hydroxylation is 1. The average molecular weight is 381 g/mol. The average Bonchev–Trinajstić information content (AvgIpc) is 2.95. The Hall–Kier alpha value is -3.81. The molecule has 0 aromatic heterocycles. The van der Waals surface area contributed by atoms with E-state index in [1.54, 1.807) is 18.2 Å². The van der Waals surface area contributed by atoms with Crippen LogP contribution in [0.4, 0.5) is 5.69 Å². The number of nitrogens with zero attached hydrogens (tertiary/aromatic N) is 1. The Kier molecular flexibility index (Phi) is 5.30. The van der Waals surface area contributed by atoms with E-state index in [0.717, 1.165) is 5.56 Å². The van der Waals surface area contributed by atoms with Crippen LogP contribution in [0.15, 0.2) is 48.0 Å². The molecule has 0 bridgehead atoms. The molecule has 1 fully saturated rings. The summed E-state index contributed by atoms with van der Waals surface area (Å²) in [4.78, 5) is 35.5. The van der Waals surface area contributed by atoms with Gasteiger partial charge in [-0.3, -0.25) is 15.0 Å². The third-order valence-electron chi connectivity index (χ3n) is 4.03. The van der Waals surface area contributed by atoms with Gasteiger partial charge in [0.15, 0.2) is 11.5 Å². The molecule has 8 nitrogen and oxygen atoms in total. The first-order valence-electron chi connectivity index (χ1n) is 8.33. The summed E-state index contributed by atoms with van der Waals surface area (Å²) in [7, 11) is 1.39. The second kappa shape index (κ2) is 7.83. The topological polar surface area (TPSA) is 108 Å². The number of aliphatic carboxylic acids is 1. The molecule has 2 aromatic carbocycles. The highest BCUT2D eigenvalue weighted by Gasteiger charge is 2.34. The van der Waals surface area contributed by atoms with E-state index in [4.69, 9.17) is 9.47 Å². The molecule has 0 saturated carbocycles. The van der Waals surface area contributed by atoms with Crippen LogP contribution in [0.3, 0.4) is 0 Å². The number of carboxylic acids is 1. The van der Waals surface area contributed by atoms with E-state index in [2.05, 4.69) is 5.43 Å². The van der Waals surface area contributed by atoms with Crippen LogP contribution in [0, 0.1) is 6.92 Å². The summed E-state index contributed by atoms with van der Waals surface area (Å²) in [6, 6.07) is 11.8. The summed E-state index contributed by atoms with van der Waals surface area (Å²) < 4.78 is 10.3. The molecule has 1 aliphatic heterocycles. The van der Waals surface area contributed by atoms with E-state index in [1.807, 2.05) is 19.1 Å². The summed E-state index contributed by atoms with van der Waals surface area (Å²) in [6.07, 6.45) is 1.43. The Morgan fingerprint density at radius 1 is 1.14 bits per heavy atom. The second-order valence-corrected chi connectivity index (χ2v) is 6.05. The minimum atomic E-state index is -1.36. The van der Waals surface area contributed by atoms with E-state index in [1.165, 1.54) is 30.3 Å². The normalized spacial score (nSPS) is 14.9. The largest absolute Gasteiger partial charge is 0.546 e. The predicted octanol–water partition coefficient (Wildman–Crippen LogP) is 0.594. The molecule has 1 heterocycles. The van der Waals surface area contributed by atoms with Crippen LogP contribution in [0.2, 0.25) is 0 Å². The van der Waals surface area contributed by atoms with Gasteiger partial charge in [0.05, 0.1) is 18.8 Å². The van der Waals surface area contributed by atoms with Crippen molar-refractivity contribution in [3.8, 4) is 11.5 Å². The lowest BCUT2D eigenvalue weighted by Crippen LogP contribution is -2.35. The predicted molar refractivity (Wildman–Crippen MR) is 98.3 cm³/mol. The summed E-state index contributed by atoms with van der Waals surface area (Å²) in [5, 5.41) is 11.7. The molecule has 144 valence electrons. The highest BCUT2D eigenvalue weighted by atomic mass is 16.5. The van der Waals surface area contributed by atoms with E-state index in [9.17, 15) is 19.5 Å². The van der Waals surface area contributed by atoms with Gasteiger partial charge in [0.1, 0.15) is 12.2 Å². The van der Waals surface area contributed by atoms with E-state index in [-0.39, 0.29) is 17.1 Å². The first-order valence-corrected chi connectivity index (χ1v) is 8.33. The number of anilines is 1. The molecule has 1 saturated heterocycles. The molecule has 8 heteroatoms. The maximum absolute atomic E-state index is 12.7. The minimum Gasteiger partial charge on any atom is -0.546 e. The summed E-state index contributed by atoms with van der Waals surface area (Å²) in [5.41, 5.74) is 4.60. The zero-order chi connectivity index (χ0) is 20.3. The number of carbonyl (C=O) groups is 3. The van der Waals surface area contributed by atoms with Crippen LogP contribution in [-0.2, 0) is 14.4 Å². The zero-order valence-corrected chi connectivity index (χ0v) is 15.2. The number of hydrogen-bond acceptors (Lipinski definition) is 6. The Morgan fingerprint density at radius 3 is 2.50 bits per heavy atom. The summed E-state index contributed by atoms with van der Waals surface area (Å²) >= 11 is 0. The number of carbonyl (C=O) groups excluding carboxylic acids is 3. The molecule has 0 radical (unpaired) electrons. The van der Waals surface area contributed by atoms with Gasteiger partial charge < -0.3 is 19.4 Å². The fraction of sp³-hybridized carbons (Fsp3) is 0.150. The second-order valence-electron chi connectivity index (χ2n) is 6.05. The molecule has 1 N–H and O–H groups in total. The Labute approximate surface area is 160 Å². The third kappa shape index (κ3) is 3.96. The first kappa shape index (κ1) is 19.0. The molecule has 0 aliphatic carbocycles. The van der Waals surface area contributed by atoms with Gasteiger partial charge in [0.2, 0.25) is 0 Å². The number of benzene rings is 2. The number of carboxylic acid groups (broad SMARTS) is 1. The van der Waals surface area contributed by atoms with E-state index < -0.39 is 24.4 Å². The summed E-state index contributed by atoms with van der Waals surface area (Å²) in [5.74, 6) is -1.90. The van der Waals surface area contributed by atoms with Gasteiger partial charge in [-0.15, -0.1) is 0 Å². The number of ether oxygens (including phenoxy) is 2. The number of amides is 2. The lowest BCUT2D eigenvalue weighted by Gasteiger charge is -2.14. The highest BCUT2D eigenvalue weighted by molar-refractivity contribution is 6.31. The smallest absolute Gasteiger partial charge is 0.282 e. The fourth-order valence-electron chi connectivity index (χ4n) is 2.63. The molecule has 2 amide bonds. The summed E-state index contributed by atoms with van der Waals surface area (Å²) in [6.45, 7) is 1.30. The van der Waals surface area contributed by atoms with Crippen molar-refractivity contribution < 1.29 is 29.0 Å². The Bertz CT molecular complexity index is 965. The van der Waals surface area contributed by atoms with Gasteiger partial charge >= 0.3 is 0 Å². The number of nitrogens with one attached hydrogen (secondary N) is 1. The van der Waals surface area contributed by atoms with Crippen molar-refractivity contribution in [1.29, 1.82) is 0 Å². The van der Waals surface area contributed by atoms with E-state index >= 15 is 0 Å². The molecule has 2 aromatic rings. The lowest BCUT2D eigenvalue weighted by atomic mass is 10.1. The van der Waals surface area contributed by atoms with Crippen molar-refractivity contribution in [1.82, 2.24) is 5.43 Å². The third-order valence-corrected chi connectivity index (χ3v) is 4.03. The van der Waals surface area contributed by atoms with Crippen molar-refractivity contribution in [3.05, 3.63) is 59.2 Å². The molecule has 28 heavy (non-hydrogen) atoms. The van der Waals surface area contributed by atoms with Gasteiger partial charge in [0, 0.05) is 0 Å². The number of hydrazine groups is 1. The molecule has 1 aliphatic rings. The van der Waals surface area contributed by atoms with Crippen LogP contribution in [-0.4, -0.2) is 31.5 Å². The van der Waals surface area contributed by atoms with Gasteiger partial charge in [-0.2, -0.15) is 0 Å². The SMILES string of the molecule is COc1cc(/C=C2/C(=O)NN(c3ccc(C)cc3)C2=O)ccc1OCC(=O)[O-]. The van der Waals surface area contributed by atoms with Crippen LogP contribution >= 0.6 is 0 Å². The standard InChI is InChI=1S/C20H18N2O6/c1-12-3-6-14(7-4-12)22-20(26)15(19(25)21-22)9-13-5-8-16(17(10-13)27-2)28-11-18(23)24/h3-10H,11H2,1-2H3,(H,21,25)(H,23,24)/p-1/b15-9-. The Morgan fingerprint density at radius 2 is 1.86 bits per heavy atom. The maximum Gasteiger partial charge on any atom is 0.282 e. The number of rotatable bonds is 6. The van der Waals surface area contributed by atoms with Crippen molar-refractivity contribution in [2.45, 2.75) is 6.92 Å². The first-order chi connectivity index (χ1) is 13.4. The fourth-order valence-corrected chi connectivity index (χ4v) is 2.63. The van der Waals surface area contributed by atoms with Crippen LogP contribution in [0.1, 0.15) is 11.1 Å².